The minimum absolute atomic E-state index is 0.227. The van der Waals surface area contributed by atoms with Crippen LogP contribution < -0.4 is 9.47 Å². The number of likely N-dealkylation sites (N-methyl/N-ethyl adjacent to an activating group) is 1. The van der Waals surface area contributed by atoms with Crippen LogP contribution in [0.4, 0.5) is 0 Å². The summed E-state index contributed by atoms with van der Waals surface area (Å²) in [5.41, 5.74) is 0. The molecule has 0 radical (unpaired) electrons. The number of hydrogen-bond acceptors (Lipinski definition) is 6. The molecule has 2 rings (SSSR count). The molecule has 1 N–H and O–H groups in total. The molecule has 0 bridgehead atoms. The van der Waals surface area contributed by atoms with E-state index in [2.05, 4.69) is 0 Å². The topological polar surface area (TPSA) is 77.5 Å². The molecule has 138 valence electrons. The number of carbonyl (C=O) groups is 1. The highest BCUT2D eigenvalue weighted by Crippen LogP contribution is 2.27. The third-order valence-corrected chi connectivity index (χ3v) is 4.47. The molecule has 0 amide bonds. The van der Waals surface area contributed by atoms with Gasteiger partial charge < -0.3 is 29.0 Å². The molecule has 0 saturated carbocycles. The van der Waals surface area contributed by atoms with E-state index in [-0.39, 0.29) is 19.3 Å². The summed E-state index contributed by atoms with van der Waals surface area (Å²) in [5.74, 6) is 0.167. The Bertz CT molecular complexity index is 611. The van der Waals surface area contributed by atoms with Crippen molar-refractivity contribution >= 4 is 23.2 Å². The van der Waals surface area contributed by atoms with E-state index in [4.69, 9.17) is 31.2 Å². The Balaban J connectivity index is 1.95. The van der Waals surface area contributed by atoms with E-state index in [0.717, 1.165) is 0 Å². The summed E-state index contributed by atoms with van der Waals surface area (Å²) in [6.45, 7) is 2.35. The summed E-state index contributed by atoms with van der Waals surface area (Å²) >= 11 is 5.19. The number of thiocarbonyl (C=S) groups is 1. The summed E-state index contributed by atoms with van der Waals surface area (Å²) in [6.07, 6.45) is -0.707. The highest BCUT2D eigenvalue weighted by atomic mass is 32.1. The molecule has 1 aromatic rings. The highest BCUT2D eigenvalue weighted by molar-refractivity contribution is 7.80. The number of para-hydroxylation sites is 2. The molecular weight excluding hydrogens is 346 g/mol. The lowest BCUT2D eigenvalue weighted by atomic mass is 10.2. The molecule has 1 aliphatic rings. The maximum atomic E-state index is 11.6. The van der Waals surface area contributed by atoms with Gasteiger partial charge in [0.1, 0.15) is 12.7 Å². The van der Waals surface area contributed by atoms with Crippen molar-refractivity contribution < 1.29 is 28.8 Å². The Kier molecular flexibility index (Phi) is 6.98. The van der Waals surface area contributed by atoms with Gasteiger partial charge in [-0.1, -0.05) is 31.3 Å². The molecular formula is C17H23NO6S. The fraction of sp³-hybridized carbons (Fsp3) is 0.529. The third kappa shape index (κ3) is 4.81. The molecule has 1 fully saturated rings. The molecule has 1 saturated heterocycles. The Morgan fingerprint density at radius 1 is 1.44 bits per heavy atom. The van der Waals surface area contributed by atoms with E-state index in [1.807, 2.05) is 19.1 Å². The van der Waals surface area contributed by atoms with Gasteiger partial charge in [0.15, 0.2) is 23.8 Å². The molecule has 0 aromatic heterocycles. The largest absolute Gasteiger partial charge is 0.493 e. The molecule has 3 atom stereocenters. The van der Waals surface area contributed by atoms with E-state index < -0.39 is 18.3 Å². The molecule has 1 aromatic carbocycles. The SMILES string of the molecule is CCC(=S)N(C)[C@H](C(=O)O)C1OCC(COc2ccccc2OC)O1. The first-order valence-corrected chi connectivity index (χ1v) is 8.40. The Labute approximate surface area is 152 Å². The van der Waals surface area contributed by atoms with Gasteiger partial charge in [-0.05, 0) is 18.6 Å². The number of benzene rings is 1. The molecule has 2 unspecified atom stereocenters. The van der Waals surface area contributed by atoms with Crippen LogP contribution in [0.5, 0.6) is 11.5 Å². The fourth-order valence-electron chi connectivity index (χ4n) is 2.51. The first-order valence-electron chi connectivity index (χ1n) is 7.99. The van der Waals surface area contributed by atoms with Crippen LogP contribution in [0.25, 0.3) is 0 Å². The van der Waals surface area contributed by atoms with Gasteiger partial charge in [0.05, 0.1) is 18.7 Å². The van der Waals surface area contributed by atoms with Crippen LogP contribution in [0, 0.1) is 0 Å². The summed E-state index contributed by atoms with van der Waals surface area (Å²) in [6, 6.07) is 6.28. The lowest BCUT2D eigenvalue weighted by Gasteiger charge is -2.30. The monoisotopic (exact) mass is 369 g/mol. The predicted octanol–water partition coefficient (Wildman–Crippen LogP) is 1.94. The van der Waals surface area contributed by atoms with Crippen LogP contribution in [-0.4, -0.2) is 66.8 Å². The fourth-order valence-corrected chi connectivity index (χ4v) is 2.63. The summed E-state index contributed by atoms with van der Waals surface area (Å²) in [5, 5.41) is 9.50. The van der Waals surface area contributed by atoms with Crippen LogP contribution >= 0.6 is 12.2 Å². The van der Waals surface area contributed by atoms with E-state index in [0.29, 0.717) is 22.9 Å². The Morgan fingerprint density at radius 3 is 2.72 bits per heavy atom. The third-order valence-electron chi connectivity index (χ3n) is 3.89. The van der Waals surface area contributed by atoms with Gasteiger partial charge in [-0.25, -0.2) is 4.79 Å². The number of carboxylic acid groups (broad SMARTS) is 1. The van der Waals surface area contributed by atoms with Crippen LogP contribution in [0.15, 0.2) is 24.3 Å². The Morgan fingerprint density at radius 2 is 2.12 bits per heavy atom. The number of aliphatic carboxylic acids is 1. The van der Waals surface area contributed by atoms with Gasteiger partial charge >= 0.3 is 5.97 Å². The molecule has 1 aliphatic heterocycles. The van der Waals surface area contributed by atoms with Crippen molar-refractivity contribution in [2.45, 2.75) is 31.8 Å². The quantitative estimate of drug-likeness (QED) is 0.697. The molecule has 0 aliphatic carbocycles. The number of rotatable bonds is 8. The maximum absolute atomic E-state index is 11.6. The second-order valence-corrected chi connectivity index (χ2v) is 6.03. The number of hydrogen-bond donors (Lipinski definition) is 1. The zero-order chi connectivity index (χ0) is 18.4. The van der Waals surface area contributed by atoms with Crippen LogP contribution in [0.2, 0.25) is 0 Å². The average molecular weight is 369 g/mol. The van der Waals surface area contributed by atoms with Crippen LogP contribution in [0.3, 0.4) is 0 Å². The van der Waals surface area contributed by atoms with Gasteiger partial charge in [0, 0.05) is 7.05 Å². The number of carboxylic acids is 1. The molecule has 1 heterocycles. The van der Waals surface area contributed by atoms with Crippen molar-refractivity contribution in [2.75, 3.05) is 27.4 Å². The Hall–Kier alpha value is -1.90. The van der Waals surface area contributed by atoms with E-state index in [1.165, 1.54) is 4.90 Å². The van der Waals surface area contributed by atoms with Gasteiger partial charge in [0.2, 0.25) is 0 Å². The summed E-state index contributed by atoms with van der Waals surface area (Å²) in [4.78, 5) is 13.7. The maximum Gasteiger partial charge on any atom is 0.331 e. The second-order valence-electron chi connectivity index (χ2n) is 5.56. The molecule has 8 heteroatoms. The molecule has 0 spiro atoms. The van der Waals surface area contributed by atoms with Gasteiger partial charge in [0.25, 0.3) is 0 Å². The van der Waals surface area contributed by atoms with Crippen molar-refractivity contribution in [1.82, 2.24) is 4.90 Å². The van der Waals surface area contributed by atoms with E-state index in [9.17, 15) is 9.90 Å². The van der Waals surface area contributed by atoms with Crippen molar-refractivity contribution in [3.05, 3.63) is 24.3 Å². The van der Waals surface area contributed by atoms with Crippen molar-refractivity contribution in [2.24, 2.45) is 0 Å². The normalized spacial score (nSPS) is 20.8. The number of nitrogens with zero attached hydrogens (tertiary/aromatic N) is 1. The summed E-state index contributed by atoms with van der Waals surface area (Å²) in [7, 11) is 3.20. The predicted molar refractivity (Wildman–Crippen MR) is 95.2 cm³/mol. The zero-order valence-corrected chi connectivity index (χ0v) is 15.3. The van der Waals surface area contributed by atoms with Gasteiger partial charge in [-0.2, -0.15) is 0 Å². The zero-order valence-electron chi connectivity index (χ0n) is 14.5. The average Bonchev–Trinajstić information content (AvgIpc) is 3.07. The minimum Gasteiger partial charge on any atom is -0.493 e. The lowest BCUT2D eigenvalue weighted by Crippen LogP contribution is -2.49. The van der Waals surface area contributed by atoms with Crippen molar-refractivity contribution in [3.8, 4) is 11.5 Å². The van der Waals surface area contributed by atoms with Gasteiger partial charge in [-0.3, -0.25) is 0 Å². The van der Waals surface area contributed by atoms with Gasteiger partial charge in [-0.15, -0.1) is 0 Å². The highest BCUT2D eigenvalue weighted by Gasteiger charge is 2.40. The summed E-state index contributed by atoms with van der Waals surface area (Å²) < 4.78 is 22.2. The van der Waals surface area contributed by atoms with E-state index >= 15 is 0 Å². The van der Waals surface area contributed by atoms with Crippen LogP contribution in [-0.2, 0) is 14.3 Å². The van der Waals surface area contributed by atoms with Crippen molar-refractivity contribution in [3.63, 3.8) is 0 Å². The standard InChI is InChI=1S/C17H23NO6S/c1-4-14(25)18(2)15(16(19)20)17-23-10-11(24-17)9-22-13-8-6-5-7-12(13)21-3/h5-8,11,15,17H,4,9-10H2,1-3H3,(H,19,20)/t11?,15-,17?/m1/s1. The first kappa shape index (κ1) is 19.4. The first-order chi connectivity index (χ1) is 12.0. The van der Waals surface area contributed by atoms with Crippen molar-refractivity contribution in [1.29, 1.82) is 0 Å². The lowest BCUT2D eigenvalue weighted by molar-refractivity contribution is -0.159. The molecule has 25 heavy (non-hydrogen) atoms. The minimum atomic E-state index is -1.05. The van der Waals surface area contributed by atoms with Crippen LogP contribution in [0.1, 0.15) is 13.3 Å². The van der Waals surface area contributed by atoms with E-state index in [1.54, 1.807) is 26.3 Å². The smallest absolute Gasteiger partial charge is 0.331 e. The molecule has 7 nitrogen and oxygen atoms in total. The number of methoxy groups -OCH3 is 1. The number of ether oxygens (including phenoxy) is 4. The second kappa shape index (κ2) is 8.98.